The molecule has 1 fully saturated rings. The van der Waals surface area contributed by atoms with Crippen LogP contribution in [0.3, 0.4) is 0 Å². The van der Waals surface area contributed by atoms with Crippen LogP contribution in [-0.4, -0.2) is 45.4 Å². The second kappa shape index (κ2) is 8.07. The Labute approximate surface area is 178 Å². The van der Waals surface area contributed by atoms with E-state index in [-0.39, 0.29) is 30.5 Å². The Kier molecular flexibility index (Phi) is 5.63. The number of morpholine rings is 1. The number of amides is 1. The lowest BCUT2D eigenvalue weighted by atomic mass is 10.0. The minimum Gasteiger partial charge on any atom is -0.371 e. The van der Waals surface area contributed by atoms with E-state index >= 15 is 0 Å². The number of nitrogens with one attached hydrogen (secondary N) is 1. The molecule has 4 rings (SSSR count). The van der Waals surface area contributed by atoms with Gasteiger partial charge in [-0.15, -0.1) is 11.3 Å². The fourth-order valence-electron chi connectivity index (χ4n) is 3.63. The minimum atomic E-state index is -4.05. The van der Waals surface area contributed by atoms with Crippen LogP contribution in [0, 0.1) is 12.7 Å². The third kappa shape index (κ3) is 3.62. The van der Waals surface area contributed by atoms with E-state index in [2.05, 4.69) is 5.32 Å². The third-order valence-corrected chi connectivity index (χ3v) is 8.19. The summed E-state index contributed by atoms with van der Waals surface area (Å²) in [6, 6.07) is 11.6. The molecule has 0 radical (unpaired) electrons. The largest absolute Gasteiger partial charge is 0.371 e. The summed E-state index contributed by atoms with van der Waals surface area (Å²) in [4.78, 5) is 12.6. The van der Waals surface area contributed by atoms with E-state index in [0.29, 0.717) is 16.0 Å². The highest BCUT2D eigenvalue weighted by atomic mass is 32.2. The predicted molar refractivity (Wildman–Crippen MR) is 114 cm³/mol. The molecule has 158 valence electrons. The summed E-state index contributed by atoms with van der Waals surface area (Å²) >= 11 is 1.34. The average molecular weight is 449 g/mol. The van der Waals surface area contributed by atoms with Crippen molar-refractivity contribution in [2.75, 3.05) is 26.7 Å². The van der Waals surface area contributed by atoms with Crippen LogP contribution in [0.2, 0.25) is 0 Å². The molecular formula is C21H21FN2O4S2. The van der Waals surface area contributed by atoms with Gasteiger partial charge in [-0.3, -0.25) is 4.79 Å². The van der Waals surface area contributed by atoms with E-state index in [1.54, 1.807) is 14.0 Å². The van der Waals surface area contributed by atoms with Crippen LogP contribution < -0.4 is 5.32 Å². The Hall–Kier alpha value is -2.33. The van der Waals surface area contributed by atoms with Crippen LogP contribution in [-0.2, 0) is 14.8 Å². The molecule has 1 N–H and O–H groups in total. The lowest BCUT2D eigenvalue weighted by Crippen LogP contribution is -2.42. The van der Waals surface area contributed by atoms with Gasteiger partial charge in [-0.2, -0.15) is 4.31 Å². The molecule has 1 aliphatic rings. The van der Waals surface area contributed by atoms with Gasteiger partial charge in [0.1, 0.15) is 10.7 Å². The first kappa shape index (κ1) is 20.9. The molecule has 2 heterocycles. The zero-order valence-electron chi connectivity index (χ0n) is 16.5. The maximum absolute atomic E-state index is 14.3. The molecule has 1 aromatic heterocycles. The normalized spacial score (nSPS) is 17.9. The van der Waals surface area contributed by atoms with Crippen LogP contribution in [0.15, 0.2) is 47.4 Å². The predicted octanol–water partition coefficient (Wildman–Crippen LogP) is 3.47. The highest BCUT2D eigenvalue weighted by Crippen LogP contribution is 2.39. The summed E-state index contributed by atoms with van der Waals surface area (Å²) in [5.74, 6) is -1.03. The summed E-state index contributed by atoms with van der Waals surface area (Å²) in [5.41, 5.74) is 1.32. The molecule has 1 saturated heterocycles. The summed E-state index contributed by atoms with van der Waals surface area (Å²) < 4.78 is 48.7. The number of halogens is 1. The van der Waals surface area contributed by atoms with Crippen molar-refractivity contribution in [1.82, 2.24) is 9.62 Å². The number of ether oxygens (including phenoxy) is 1. The number of nitrogens with zero attached hydrogens (tertiary/aromatic N) is 1. The number of carbonyl (C=O) groups is 1. The topological polar surface area (TPSA) is 75.7 Å². The fraction of sp³-hybridized carbons (Fsp3) is 0.286. The number of hydrogen-bond acceptors (Lipinski definition) is 5. The number of sulfonamides is 1. The Morgan fingerprint density at radius 1 is 1.27 bits per heavy atom. The number of benzene rings is 2. The first-order valence-electron chi connectivity index (χ1n) is 9.44. The Balaban J connectivity index is 1.75. The number of fused-ring (bicyclic) bond motifs is 1. The van der Waals surface area contributed by atoms with Gasteiger partial charge in [-0.1, -0.05) is 24.3 Å². The molecule has 9 heteroatoms. The molecule has 1 atom stereocenters. The van der Waals surface area contributed by atoms with Crippen LogP contribution in [0.5, 0.6) is 0 Å². The van der Waals surface area contributed by atoms with Gasteiger partial charge in [0, 0.05) is 30.4 Å². The molecule has 0 spiro atoms. The van der Waals surface area contributed by atoms with E-state index in [9.17, 15) is 17.6 Å². The molecule has 3 aromatic rings. The third-order valence-electron chi connectivity index (χ3n) is 5.12. The van der Waals surface area contributed by atoms with Gasteiger partial charge < -0.3 is 10.1 Å². The van der Waals surface area contributed by atoms with Gasteiger partial charge in [0.05, 0.1) is 17.6 Å². The molecule has 0 saturated carbocycles. The van der Waals surface area contributed by atoms with E-state index in [4.69, 9.17) is 4.74 Å². The minimum absolute atomic E-state index is 0.000434. The van der Waals surface area contributed by atoms with Crippen molar-refractivity contribution in [2.24, 2.45) is 0 Å². The smallest absolute Gasteiger partial charge is 0.261 e. The number of rotatable bonds is 4. The fourth-order valence-corrected chi connectivity index (χ4v) is 6.41. The van der Waals surface area contributed by atoms with Gasteiger partial charge in [0.25, 0.3) is 5.91 Å². The number of aryl methyl sites for hydroxylation is 1. The molecule has 0 bridgehead atoms. The zero-order valence-corrected chi connectivity index (χ0v) is 18.1. The van der Waals surface area contributed by atoms with Gasteiger partial charge in [0.2, 0.25) is 10.0 Å². The van der Waals surface area contributed by atoms with Crippen molar-refractivity contribution < 1.29 is 22.3 Å². The Morgan fingerprint density at radius 2 is 2.03 bits per heavy atom. The van der Waals surface area contributed by atoms with Crippen molar-refractivity contribution >= 4 is 37.4 Å². The van der Waals surface area contributed by atoms with E-state index in [0.717, 1.165) is 16.2 Å². The molecule has 6 nitrogen and oxygen atoms in total. The molecule has 1 amide bonds. The van der Waals surface area contributed by atoms with Gasteiger partial charge in [0.15, 0.2) is 0 Å². The molecular weight excluding hydrogens is 427 g/mol. The number of hydrogen-bond donors (Lipinski definition) is 1. The van der Waals surface area contributed by atoms with Gasteiger partial charge in [-0.25, -0.2) is 12.8 Å². The highest BCUT2D eigenvalue weighted by Gasteiger charge is 2.36. The number of thiophene rings is 1. The standard InChI is InChI=1S/C21H21FN2O4S2/c1-13-7-8-15(22)18(11-13)30(26,27)24-9-10-28-16(12-24)19-14-5-3-4-6-17(14)29-20(19)21(25)23-2/h3-8,11,16H,9-10,12H2,1-2H3,(H,23,25)/t16-/m1/s1. The lowest BCUT2D eigenvalue weighted by Gasteiger charge is -2.32. The molecule has 0 aliphatic carbocycles. The molecule has 30 heavy (non-hydrogen) atoms. The van der Waals surface area contributed by atoms with Crippen LogP contribution >= 0.6 is 11.3 Å². The van der Waals surface area contributed by atoms with Crippen molar-refractivity contribution in [3.05, 3.63) is 64.3 Å². The zero-order chi connectivity index (χ0) is 21.5. The van der Waals surface area contributed by atoms with Crippen molar-refractivity contribution in [1.29, 1.82) is 0 Å². The van der Waals surface area contributed by atoms with Crippen LogP contribution in [0.1, 0.15) is 26.9 Å². The number of carbonyl (C=O) groups excluding carboxylic acids is 1. The van der Waals surface area contributed by atoms with Crippen molar-refractivity contribution in [3.63, 3.8) is 0 Å². The molecule has 0 unspecified atom stereocenters. The Morgan fingerprint density at radius 3 is 2.80 bits per heavy atom. The maximum atomic E-state index is 14.3. The monoisotopic (exact) mass is 448 g/mol. The molecule has 1 aliphatic heterocycles. The summed E-state index contributed by atoms with van der Waals surface area (Å²) in [6.07, 6.45) is -0.634. The highest BCUT2D eigenvalue weighted by molar-refractivity contribution is 7.89. The van der Waals surface area contributed by atoms with Crippen LogP contribution in [0.25, 0.3) is 10.1 Å². The van der Waals surface area contributed by atoms with Gasteiger partial charge >= 0.3 is 0 Å². The summed E-state index contributed by atoms with van der Waals surface area (Å²) in [5, 5.41) is 3.49. The first-order valence-corrected chi connectivity index (χ1v) is 11.7. The quantitative estimate of drug-likeness (QED) is 0.663. The van der Waals surface area contributed by atoms with Crippen LogP contribution in [0.4, 0.5) is 4.39 Å². The molecule has 2 aromatic carbocycles. The van der Waals surface area contributed by atoms with Crippen molar-refractivity contribution in [2.45, 2.75) is 17.9 Å². The first-order chi connectivity index (χ1) is 14.3. The maximum Gasteiger partial charge on any atom is 0.261 e. The second-order valence-electron chi connectivity index (χ2n) is 7.08. The average Bonchev–Trinajstić information content (AvgIpc) is 3.14. The van der Waals surface area contributed by atoms with Crippen molar-refractivity contribution in [3.8, 4) is 0 Å². The van der Waals surface area contributed by atoms with E-state index in [1.807, 2.05) is 24.3 Å². The van der Waals surface area contributed by atoms with E-state index in [1.165, 1.54) is 27.8 Å². The van der Waals surface area contributed by atoms with Gasteiger partial charge in [-0.05, 0) is 36.1 Å². The van der Waals surface area contributed by atoms with E-state index < -0.39 is 21.9 Å². The second-order valence-corrected chi connectivity index (χ2v) is 10.0. The lowest BCUT2D eigenvalue weighted by molar-refractivity contribution is -0.00197. The SMILES string of the molecule is CNC(=O)c1sc2ccccc2c1[C@H]1CN(S(=O)(=O)c2cc(C)ccc2F)CCO1. The Bertz CT molecular complexity index is 1220. The summed E-state index contributed by atoms with van der Waals surface area (Å²) in [6.45, 7) is 1.98. The summed E-state index contributed by atoms with van der Waals surface area (Å²) in [7, 11) is -2.50.